The van der Waals surface area contributed by atoms with Gasteiger partial charge in [0.05, 0.1) is 6.54 Å². The maximum Gasteiger partial charge on any atom is 0.270 e. The van der Waals surface area contributed by atoms with Gasteiger partial charge in [0.1, 0.15) is 5.69 Å². The molecule has 0 saturated heterocycles. The van der Waals surface area contributed by atoms with Crippen LogP contribution in [-0.4, -0.2) is 17.4 Å². The molecule has 0 aliphatic rings. The summed E-state index contributed by atoms with van der Waals surface area (Å²) in [5.41, 5.74) is 1.38. The van der Waals surface area contributed by atoms with E-state index in [0.29, 0.717) is 10.7 Å². The fourth-order valence-corrected chi connectivity index (χ4v) is 1.73. The lowest BCUT2D eigenvalue weighted by atomic mass is 10.2. The molecule has 0 saturated carbocycles. The lowest BCUT2D eigenvalue weighted by Crippen LogP contribution is -2.25. The minimum Gasteiger partial charge on any atom is -0.346 e. The smallest absolute Gasteiger partial charge is 0.270 e. The molecule has 0 bridgehead atoms. The lowest BCUT2D eigenvalue weighted by molar-refractivity contribution is 0.0953. The summed E-state index contributed by atoms with van der Waals surface area (Å²) in [5, 5.41) is 3.28. The van der Waals surface area contributed by atoms with E-state index in [2.05, 4.69) is 10.3 Å². The van der Waals surface area contributed by atoms with Gasteiger partial charge >= 0.3 is 0 Å². The lowest BCUT2D eigenvalue weighted by Gasteiger charge is -2.03. The maximum absolute atomic E-state index is 11.7. The molecule has 0 atom stereocenters. The maximum atomic E-state index is 11.7. The number of rotatable bonds is 4. The Bertz CT molecular complexity index is 567. The summed E-state index contributed by atoms with van der Waals surface area (Å²) in [6.07, 6.45) is 3.40. The van der Waals surface area contributed by atoms with Crippen molar-refractivity contribution in [2.75, 3.05) is 6.54 Å². The van der Waals surface area contributed by atoms with Crippen molar-refractivity contribution in [3.8, 4) is 0 Å². The molecule has 1 aromatic heterocycles. The van der Waals surface area contributed by atoms with Crippen LogP contribution in [0.3, 0.4) is 0 Å². The predicted octanol–water partition coefficient (Wildman–Crippen LogP) is 3.09. The van der Waals surface area contributed by atoms with E-state index in [1.165, 1.54) is 0 Å². The van der Waals surface area contributed by atoms with E-state index >= 15 is 0 Å². The molecule has 4 heteroatoms. The molecule has 1 aromatic carbocycles. The number of benzene rings is 1. The first-order valence-corrected chi connectivity index (χ1v) is 6.24. The van der Waals surface area contributed by atoms with Crippen molar-refractivity contribution >= 4 is 23.6 Å². The van der Waals surface area contributed by atoms with Crippen LogP contribution in [0.5, 0.6) is 0 Å². The summed E-state index contributed by atoms with van der Waals surface area (Å²) in [6, 6.07) is 14.9. The second kappa shape index (κ2) is 6.71. The van der Waals surface area contributed by atoms with Crippen LogP contribution < -0.4 is 5.32 Å². The summed E-state index contributed by atoms with van der Waals surface area (Å²) in [6.45, 7) is 0.284. The van der Waals surface area contributed by atoms with E-state index in [-0.39, 0.29) is 12.5 Å². The standard InChI is InChI=1S/C15H13ClN2O/c16-13(10-12-6-2-1-3-7-12)11-18-15(19)14-8-4-5-9-17-14/h1-10H,11H2,(H,18,19)/b13-10-. The van der Waals surface area contributed by atoms with Gasteiger partial charge in [-0.05, 0) is 23.8 Å². The molecule has 1 amide bonds. The minimum absolute atomic E-state index is 0.236. The number of halogens is 1. The molecule has 0 aliphatic carbocycles. The van der Waals surface area contributed by atoms with Gasteiger partial charge in [-0.1, -0.05) is 48.0 Å². The topological polar surface area (TPSA) is 42.0 Å². The van der Waals surface area contributed by atoms with E-state index in [9.17, 15) is 4.79 Å². The summed E-state index contributed by atoms with van der Waals surface area (Å²) < 4.78 is 0. The largest absolute Gasteiger partial charge is 0.346 e. The highest BCUT2D eigenvalue weighted by atomic mass is 35.5. The first-order chi connectivity index (χ1) is 9.25. The first-order valence-electron chi connectivity index (χ1n) is 5.86. The molecule has 2 rings (SSSR count). The number of pyridine rings is 1. The van der Waals surface area contributed by atoms with Crippen LogP contribution in [0.25, 0.3) is 6.08 Å². The van der Waals surface area contributed by atoms with E-state index in [1.807, 2.05) is 36.4 Å². The third kappa shape index (κ3) is 4.23. The van der Waals surface area contributed by atoms with Crippen molar-refractivity contribution < 1.29 is 4.79 Å². The number of amides is 1. The fraction of sp³-hybridized carbons (Fsp3) is 0.0667. The van der Waals surface area contributed by atoms with Crippen LogP contribution >= 0.6 is 11.6 Å². The Kier molecular flexibility index (Phi) is 4.70. The Morgan fingerprint density at radius 3 is 2.58 bits per heavy atom. The Morgan fingerprint density at radius 1 is 1.16 bits per heavy atom. The van der Waals surface area contributed by atoms with Crippen molar-refractivity contribution in [3.63, 3.8) is 0 Å². The molecule has 0 fully saturated rings. The highest BCUT2D eigenvalue weighted by Crippen LogP contribution is 2.09. The zero-order valence-electron chi connectivity index (χ0n) is 10.2. The molecule has 19 heavy (non-hydrogen) atoms. The summed E-state index contributed by atoms with van der Waals surface area (Å²) in [4.78, 5) is 15.7. The average molecular weight is 273 g/mol. The third-order valence-corrected chi connectivity index (χ3v) is 2.68. The van der Waals surface area contributed by atoms with Gasteiger partial charge in [0.15, 0.2) is 0 Å². The number of hydrogen-bond acceptors (Lipinski definition) is 2. The fourth-order valence-electron chi connectivity index (χ4n) is 1.53. The van der Waals surface area contributed by atoms with Crippen LogP contribution in [0.15, 0.2) is 59.8 Å². The minimum atomic E-state index is -0.236. The van der Waals surface area contributed by atoms with Crippen LogP contribution in [0.2, 0.25) is 0 Å². The van der Waals surface area contributed by atoms with E-state index in [4.69, 9.17) is 11.6 Å². The highest BCUT2D eigenvalue weighted by Gasteiger charge is 2.05. The van der Waals surface area contributed by atoms with Gasteiger partial charge in [0, 0.05) is 11.2 Å². The van der Waals surface area contributed by atoms with Gasteiger partial charge < -0.3 is 5.32 Å². The Labute approximate surface area is 116 Å². The number of carbonyl (C=O) groups excluding carboxylic acids is 1. The molecule has 96 valence electrons. The van der Waals surface area contributed by atoms with Crippen LogP contribution in [0, 0.1) is 0 Å². The van der Waals surface area contributed by atoms with Crippen molar-refractivity contribution in [1.82, 2.24) is 10.3 Å². The molecule has 0 unspecified atom stereocenters. The summed E-state index contributed by atoms with van der Waals surface area (Å²) >= 11 is 6.07. The van der Waals surface area contributed by atoms with Gasteiger partial charge in [-0.3, -0.25) is 9.78 Å². The van der Waals surface area contributed by atoms with E-state index < -0.39 is 0 Å². The molecular formula is C15H13ClN2O. The third-order valence-electron chi connectivity index (χ3n) is 2.44. The van der Waals surface area contributed by atoms with Crippen LogP contribution in [0.1, 0.15) is 16.1 Å². The zero-order chi connectivity index (χ0) is 13.5. The van der Waals surface area contributed by atoms with Crippen LogP contribution in [0.4, 0.5) is 0 Å². The van der Waals surface area contributed by atoms with Crippen molar-refractivity contribution in [1.29, 1.82) is 0 Å². The molecule has 1 heterocycles. The molecule has 0 radical (unpaired) electrons. The highest BCUT2D eigenvalue weighted by molar-refractivity contribution is 6.31. The van der Waals surface area contributed by atoms with E-state index in [0.717, 1.165) is 5.56 Å². The second-order valence-corrected chi connectivity index (χ2v) is 4.39. The predicted molar refractivity (Wildman–Crippen MR) is 76.8 cm³/mol. The quantitative estimate of drug-likeness (QED) is 0.929. The number of aromatic nitrogens is 1. The monoisotopic (exact) mass is 272 g/mol. The number of nitrogens with zero attached hydrogens (tertiary/aromatic N) is 1. The van der Waals surface area contributed by atoms with Gasteiger partial charge in [-0.2, -0.15) is 0 Å². The van der Waals surface area contributed by atoms with Gasteiger partial charge in [-0.25, -0.2) is 0 Å². The molecule has 3 nitrogen and oxygen atoms in total. The van der Waals surface area contributed by atoms with Gasteiger partial charge in [0.25, 0.3) is 5.91 Å². The van der Waals surface area contributed by atoms with Gasteiger partial charge in [0.2, 0.25) is 0 Å². The Hall–Kier alpha value is -2.13. The summed E-state index contributed by atoms with van der Waals surface area (Å²) in [5.74, 6) is -0.236. The molecular weight excluding hydrogens is 260 g/mol. The molecule has 2 aromatic rings. The zero-order valence-corrected chi connectivity index (χ0v) is 11.0. The van der Waals surface area contributed by atoms with Crippen molar-refractivity contribution in [2.45, 2.75) is 0 Å². The Balaban J connectivity index is 1.92. The van der Waals surface area contributed by atoms with Gasteiger partial charge in [-0.15, -0.1) is 0 Å². The Morgan fingerprint density at radius 2 is 1.89 bits per heavy atom. The average Bonchev–Trinajstić information content (AvgIpc) is 2.47. The van der Waals surface area contributed by atoms with E-state index in [1.54, 1.807) is 24.4 Å². The normalized spacial score (nSPS) is 11.1. The first kappa shape index (κ1) is 13.3. The summed E-state index contributed by atoms with van der Waals surface area (Å²) in [7, 11) is 0. The SMILES string of the molecule is O=C(NC/C(Cl)=C/c1ccccc1)c1ccccn1. The number of carbonyl (C=O) groups is 1. The molecule has 0 spiro atoms. The molecule has 1 N–H and O–H groups in total. The van der Waals surface area contributed by atoms with Crippen molar-refractivity contribution in [3.05, 3.63) is 71.0 Å². The second-order valence-electron chi connectivity index (χ2n) is 3.90. The number of nitrogens with one attached hydrogen (secondary N) is 1. The van der Waals surface area contributed by atoms with Crippen LogP contribution in [-0.2, 0) is 0 Å². The number of hydrogen-bond donors (Lipinski definition) is 1. The molecule has 0 aliphatic heterocycles. The van der Waals surface area contributed by atoms with Crippen molar-refractivity contribution in [2.24, 2.45) is 0 Å².